The maximum Gasteiger partial charge on any atom is 0.306 e. The van der Waals surface area contributed by atoms with Gasteiger partial charge < -0.3 is 14.8 Å². The van der Waals surface area contributed by atoms with Crippen LogP contribution in [-0.2, 0) is 19.1 Å². The van der Waals surface area contributed by atoms with Crippen LogP contribution >= 0.6 is 0 Å². The number of rotatable bonds is 3. The quantitative estimate of drug-likeness (QED) is 0.687. The number of allylic oxidation sites excluding steroid dienone is 2. The van der Waals surface area contributed by atoms with Gasteiger partial charge >= 0.3 is 5.97 Å². The predicted molar refractivity (Wildman–Crippen MR) is 86.7 cm³/mol. The molecule has 1 aromatic rings. The molecule has 0 radical (unpaired) electrons. The van der Waals surface area contributed by atoms with Gasteiger partial charge in [-0.25, -0.2) is 0 Å². The molecule has 0 aliphatic carbocycles. The second-order valence-corrected chi connectivity index (χ2v) is 5.50. The SMILES string of the molecule is COCC1NC(=O)CC/C=C\CCC(=O)O[C@@H]1c1ccccc1. The van der Waals surface area contributed by atoms with E-state index in [1.165, 1.54) is 0 Å². The minimum Gasteiger partial charge on any atom is -0.455 e. The van der Waals surface area contributed by atoms with Gasteiger partial charge in [0.05, 0.1) is 12.6 Å². The average Bonchev–Trinajstić information content (AvgIpc) is 2.55. The topological polar surface area (TPSA) is 64.6 Å². The molecule has 5 heteroatoms. The molecule has 0 fully saturated rings. The largest absolute Gasteiger partial charge is 0.455 e. The summed E-state index contributed by atoms with van der Waals surface area (Å²) in [4.78, 5) is 24.2. The summed E-state index contributed by atoms with van der Waals surface area (Å²) in [5.74, 6) is -0.353. The Morgan fingerprint density at radius 1 is 1.13 bits per heavy atom. The lowest BCUT2D eigenvalue weighted by molar-refractivity contribution is -0.153. The van der Waals surface area contributed by atoms with Gasteiger partial charge in [-0.05, 0) is 18.4 Å². The summed E-state index contributed by atoms with van der Waals surface area (Å²) in [6, 6.07) is 9.02. The van der Waals surface area contributed by atoms with Crippen LogP contribution in [0.3, 0.4) is 0 Å². The predicted octanol–water partition coefficient (Wildman–Crippen LogP) is 2.53. The minimum absolute atomic E-state index is 0.0748. The van der Waals surface area contributed by atoms with Crippen LogP contribution < -0.4 is 5.32 Å². The van der Waals surface area contributed by atoms with Crippen molar-refractivity contribution in [2.45, 2.75) is 37.8 Å². The Morgan fingerprint density at radius 3 is 2.52 bits per heavy atom. The zero-order valence-electron chi connectivity index (χ0n) is 13.4. The number of esters is 1. The molecular weight excluding hydrogens is 294 g/mol. The van der Waals surface area contributed by atoms with Crippen molar-refractivity contribution in [1.82, 2.24) is 5.32 Å². The normalized spacial score (nSPS) is 24.7. The Balaban J connectivity index is 2.26. The van der Waals surface area contributed by atoms with E-state index in [-0.39, 0.29) is 18.5 Å². The molecule has 1 aliphatic rings. The number of benzene rings is 1. The second kappa shape index (κ2) is 9.10. The van der Waals surface area contributed by atoms with Crippen LogP contribution in [0.15, 0.2) is 42.5 Å². The fraction of sp³-hybridized carbons (Fsp3) is 0.444. The summed E-state index contributed by atoms with van der Waals surface area (Å²) in [6.45, 7) is 0.272. The highest BCUT2D eigenvalue weighted by atomic mass is 16.5. The van der Waals surface area contributed by atoms with Gasteiger partial charge in [-0.3, -0.25) is 9.59 Å². The van der Waals surface area contributed by atoms with Gasteiger partial charge in [0.2, 0.25) is 5.91 Å². The number of amides is 1. The lowest BCUT2D eigenvalue weighted by atomic mass is 10.0. The minimum atomic E-state index is -0.559. The van der Waals surface area contributed by atoms with E-state index in [2.05, 4.69) is 5.32 Å². The van der Waals surface area contributed by atoms with E-state index in [9.17, 15) is 9.59 Å². The number of hydrogen-bond acceptors (Lipinski definition) is 4. The summed E-state index contributed by atoms with van der Waals surface area (Å²) < 4.78 is 10.9. The zero-order valence-corrected chi connectivity index (χ0v) is 13.4. The summed E-state index contributed by atoms with van der Waals surface area (Å²) in [5, 5.41) is 2.93. The van der Waals surface area contributed by atoms with E-state index in [1.54, 1.807) is 7.11 Å². The Morgan fingerprint density at radius 2 is 1.83 bits per heavy atom. The van der Waals surface area contributed by atoms with Crippen molar-refractivity contribution in [3.8, 4) is 0 Å². The van der Waals surface area contributed by atoms with Crippen molar-refractivity contribution in [3.63, 3.8) is 0 Å². The fourth-order valence-corrected chi connectivity index (χ4v) is 2.54. The van der Waals surface area contributed by atoms with Gasteiger partial charge in [0.25, 0.3) is 0 Å². The van der Waals surface area contributed by atoms with E-state index in [1.807, 2.05) is 42.5 Å². The van der Waals surface area contributed by atoms with Gasteiger partial charge in [0, 0.05) is 20.0 Å². The molecule has 0 aromatic heterocycles. The summed E-state index contributed by atoms with van der Waals surface area (Å²) in [5.41, 5.74) is 0.843. The Kier molecular flexibility index (Phi) is 6.81. The molecule has 1 N–H and O–H groups in total. The highest BCUT2D eigenvalue weighted by molar-refractivity contribution is 5.76. The maximum absolute atomic E-state index is 12.1. The van der Waals surface area contributed by atoms with Gasteiger partial charge in [0.1, 0.15) is 6.10 Å². The third-order valence-corrected chi connectivity index (χ3v) is 3.66. The Labute approximate surface area is 136 Å². The number of cyclic esters (lactones) is 1. The monoisotopic (exact) mass is 317 g/mol. The highest BCUT2D eigenvalue weighted by Gasteiger charge is 2.28. The van der Waals surface area contributed by atoms with Gasteiger partial charge in [-0.15, -0.1) is 0 Å². The molecular formula is C18H23NO4. The van der Waals surface area contributed by atoms with Crippen LogP contribution in [-0.4, -0.2) is 31.6 Å². The number of hydrogen-bond donors (Lipinski definition) is 1. The number of nitrogens with one attached hydrogen (secondary N) is 1. The van der Waals surface area contributed by atoms with Crippen molar-refractivity contribution >= 4 is 11.9 Å². The van der Waals surface area contributed by atoms with Crippen LogP contribution in [0.1, 0.15) is 37.4 Å². The zero-order chi connectivity index (χ0) is 16.5. The van der Waals surface area contributed by atoms with E-state index < -0.39 is 12.1 Å². The molecule has 1 aromatic carbocycles. The first-order chi connectivity index (χ1) is 11.2. The molecule has 2 atom stereocenters. The van der Waals surface area contributed by atoms with Crippen molar-refractivity contribution in [2.24, 2.45) is 0 Å². The first kappa shape index (κ1) is 17.2. The van der Waals surface area contributed by atoms with Gasteiger partial charge in [-0.2, -0.15) is 0 Å². The number of carbonyl (C=O) groups excluding carboxylic acids is 2. The average molecular weight is 317 g/mol. The summed E-state index contributed by atoms with van der Waals surface area (Å²) >= 11 is 0. The molecule has 0 bridgehead atoms. The van der Waals surface area contributed by atoms with Crippen molar-refractivity contribution in [2.75, 3.05) is 13.7 Å². The van der Waals surface area contributed by atoms with Crippen LogP contribution in [0.25, 0.3) is 0 Å². The van der Waals surface area contributed by atoms with Crippen molar-refractivity contribution in [3.05, 3.63) is 48.0 Å². The lowest BCUT2D eigenvalue weighted by Crippen LogP contribution is -2.43. The third kappa shape index (κ3) is 5.53. The number of ether oxygens (including phenoxy) is 2. The molecule has 2 rings (SSSR count). The van der Waals surface area contributed by atoms with E-state index in [4.69, 9.17) is 9.47 Å². The molecule has 23 heavy (non-hydrogen) atoms. The Hall–Kier alpha value is -2.14. The fourth-order valence-electron chi connectivity index (χ4n) is 2.54. The third-order valence-electron chi connectivity index (χ3n) is 3.66. The first-order valence-corrected chi connectivity index (χ1v) is 7.88. The van der Waals surface area contributed by atoms with E-state index in [0.717, 1.165) is 5.56 Å². The standard InChI is InChI=1S/C18H23NO4/c1-22-13-15-18(14-9-5-4-6-10-14)23-17(21)12-8-3-2-7-11-16(20)19-15/h2-6,9-10,15,18H,7-8,11-13H2,1H3,(H,19,20)/b3-2-/t15?,18-/m1/s1. The highest BCUT2D eigenvalue weighted by Crippen LogP contribution is 2.23. The summed E-state index contributed by atoms with van der Waals surface area (Å²) in [6.07, 6.45) is 5.30. The van der Waals surface area contributed by atoms with Crippen LogP contribution in [0.2, 0.25) is 0 Å². The lowest BCUT2D eigenvalue weighted by Gasteiger charge is -2.28. The molecule has 124 valence electrons. The van der Waals surface area contributed by atoms with Crippen molar-refractivity contribution in [1.29, 1.82) is 0 Å². The molecule has 1 aliphatic heterocycles. The Bertz CT molecular complexity index is 541. The molecule has 1 amide bonds. The molecule has 1 unspecified atom stereocenters. The molecule has 1 heterocycles. The van der Waals surface area contributed by atoms with E-state index in [0.29, 0.717) is 25.7 Å². The molecule has 0 spiro atoms. The number of methoxy groups -OCH3 is 1. The molecule has 0 saturated carbocycles. The first-order valence-electron chi connectivity index (χ1n) is 7.88. The van der Waals surface area contributed by atoms with Gasteiger partial charge in [-0.1, -0.05) is 42.5 Å². The van der Waals surface area contributed by atoms with Crippen molar-refractivity contribution < 1.29 is 19.1 Å². The van der Waals surface area contributed by atoms with Crippen LogP contribution in [0, 0.1) is 0 Å². The summed E-state index contributed by atoms with van der Waals surface area (Å²) in [7, 11) is 1.56. The maximum atomic E-state index is 12.1. The van der Waals surface area contributed by atoms with Crippen LogP contribution in [0.5, 0.6) is 0 Å². The van der Waals surface area contributed by atoms with E-state index >= 15 is 0 Å². The van der Waals surface area contributed by atoms with Crippen LogP contribution in [0.4, 0.5) is 0 Å². The number of carbonyl (C=O) groups is 2. The van der Waals surface area contributed by atoms with Gasteiger partial charge in [0.15, 0.2) is 0 Å². The molecule has 5 nitrogen and oxygen atoms in total. The molecule has 0 saturated heterocycles. The smallest absolute Gasteiger partial charge is 0.306 e. The second-order valence-electron chi connectivity index (χ2n) is 5.50.